The number of pyridine rings is 1. The number of rotatable bonds is 2. The molecular formula is C8H10BNO. The Labute approximate surface area is 68.0 Å². The summed E-state index contributed by atoms with van der Waals surface area (Å²) in [6.07, 6.45) is 1.60. The van der Waals surface area contributed by atoms with Gasteiger partial charge in [0, 0.05) is 11.8 Å². The van der Waals surface area contributed by atoms with Gasteiger partial charge in [-0.25, -0.2) is 4.98 Å². The molecule has 1 aromatic heterocycles. The predicted octanol–water partition coefficient (Wildman–Crippen LogP) is 0.583. The fraction of sp³-hybridized carbons (Fsp3) is 0.375. The Morgan fingerprint density at radius 3 is 2.91 bits per heavy atom. The molecule has 0 fully saturated rings. The zero-order valence-corrected chi connectivity index (χ0v) is 6.79. The van der Waals surface area contributed by atoms with Gasteiger partial charge >= 0.3 is 0 Å². The molecule has 1 rings (SSSR count). The van der Waals surface area contributed by atoms with E-state index in [0.29, 0.717) is 17.9 Å². The number of hydrogen-bond acceptors (Lipinski definition) is 2. The van der Waals surface area contributed by atoms with Crippen LogP contribution in [0.25, 0.3) is 0 Å². The van der Waals surface area contributed by atoms with E-state index in [-0.39, 0.29) is 0 Å². The Hall–Kier alpha value is -0.985. The molecule has 3 heteroatoms. The fourth-order valence-electron chi connectivity index (χ4n) is 0.872. The van der Waals surface area contributed by atoms with Gasteiger partial charge in [-0.2, -0.15) is 0 Å². The molecule has 0 aromatic carbocycles. The van der Waals surface area contributed by atoms with Gasteiger partial charge in [-0.3, -0.25) is 0 Å². The van der Waals surface area contributed by atoms with Gasteiger partial charge in [0.05, 0.1) is 6.61 Å². The minimum absolute atomic E-state index is 0.637. The second kappa shape index (κ2) is 3.42. The van der Waals surface area contributed by atoms with Gasteiger partial charge in [0.15, 0.2) is 0 Å². The lowest BCUT2D eigenvalue weighted by Gasteiger charge is -2.05. The van der Waals surface area contributed by atoms with Crippen molar-refractivity contribution < 1.29 is 4.74 Å². The lowest BCUT2D eigenvalue weighted by molar-refractivity contribution is 0.324. The molecule has 2 nitrogen and oxygen atoms in total. The van der Waals surface area contributed by atoms with Gasteiger partial charge in [0.25, 0.3) is 0 Å². The maximum absolute atomic E-state index is 5.51. The number of hydrogen-bond donors (Lipinski definition) is 0. The molecule has 0 N–H and O–H groups in total. The van der Waals surface area contributed by atoms with Crippen LogP contribution in [0.3, 0.4) is 0 Å². The molecule has 0 unspecified atom stereocenters. The van der Waals surface area contributed by atoms with Gasteiger partial charge in [-0.15, -0.1) is 0 Å². The molecule has 0 saturated heterocycles. The van der Waals surface area contributed by atoms with E-state index in [1.807, 2.05) is 19.9 Å². The Morgan fingerprint density at radius 1 is 1.64 bits per heavy atom. The lowest BCUT2D eigenvalue weighted by atomic mass is 9.97. The van der Waals surface area contributed by atoms with Crippen LogP contribution in [0, 0.1) is 6.92 Å². The topological polar surface area (TPSA) is 22.1 Å². The molecule has 1 heterocycles. The van der Waals surface area contributed by atoms with E-state index in [4.69, 9.17) is 12.6 Å². The quantitative estimate of drug-likeness (QED) is 0.571. The van der Waals surface area contributed by atoms with Gasteiger partial charge in [0.1, 0.15) is 7.85 Å². The van der Waals surface area contributed by atoms with E-state index in [1.54, 1.807) is 6.20 Å². The third-order valence-corrected chi connectivity index (χ3v) is 1.33. The van der Waals surface area contributed by atoms with E-state index in [0.717, 1.165) is 5.56 Å². The zero-order chi connectivity index (χ0) is 8.27. The van der Waals surface area contributed by atoms with Crippen molar-refractivity contribution in [2.24, 2.45) is 0 Å². The molecule has 11 heavy (non-hydrogen) atoms. The summed E-state index contributed by atoms with van der Waals surface area (Å²) in [4.78, 5) is 4.02. The van der Waals surface area contributed by atoms with E-state index in [1.165, 1.54) is 0 Å². The Bertz CT molecular complexity index is 250. The number of aromatic nitrogens is 1. The van der Waals surface area contributed by atoms with E-state index in [2.05, 4.69) is 4.98 Å². The molecule has 0 aliphatic heterocycles. The third kappa shape index (κ3) is 1.97. The van der Waals surface area contributed by atoms with Crippen molar-refractivity contribution in [1.29, 1.82) is 0 Å². The van der Waals surface area contributed by atoms with E-state index >= 15 is 0 Å². The van der Waals surface area contributed by atoms with Crippen molar-refractivity contribution in [2.75, 3.05) is 6.61 Å². The molecule has 1 aromatic rings. The van der Waals surface area contributed by atoms with Crippen LogP contribution >= 0.6 is 0 Å². The number of nitrogens with zero attached hydrogens (tertiary/aromatic N) is 1. The molecule has 0 spiro atoms. The summed E-state index contributed by atoms with van der Waals surface area (Å²) in [5.74, 6) is 0.668. The van der Waals surface area contributed by atoms with Crippen molar-refractivity contribution in [2.45, 2.75) is 13.8 Å². The Morgan fingerprint density at radius 2 is 2.36 bits per heavy atom. The highest BCUT2D eigenvalue weighted by atomic mass is 16.5. The maximum atomic E-state index is 5.51. The molecule has 0 amide bonds. The van der Waals surface area contributed by atoms with Crippen LogP contribution in [0.4, 0.5) is 0 Å². The summed E-state index contributed by atoms with van der Waals surface area (Å²) in [6.45, 7) is 4.49. The lowest BCUT2D eigenvalue weighted by Crippen LogP contribution is -2.06. The molecule has 0 bridgehead atoms. The van der Waals surface area contributed by atoms with E-state index in [9.17, 15) is 0 Å². The smallest absolute Gasteiger partial charge is 0.216 e. The summed E-state index contributed by atoms with van der Waals surface area (Å²) >= 11 is 0. The van der Waals surface area contributed by atoms with Crippen LogP contribution in [-0.4, -0.2) is 19.4 Å². The number of aryl methyl sites for hydroxylation is 1. The van der Waals surface area contributed by atoms with Crippen LogP contribution in [0.15, 0.2) is 12.3 Å². The summed E-state index contributed by atoms with van der Waals surface area (Å²) in [5, 5.41) is 0. The molecule has 0 aliphatic carbocycles. The fourth-order valence-corrected chi connectivity index (χ4v) is 0.872. The van der Waals surface area contributed by atoms with Crippen molar-refractivity contribution in [3.8, 4) is 5.88 Å². The second-order valence-electron chi connectivity index (χ2n) is 2.32. The van der Waals surface area contributed by atoms with Crippen molar-refractivity contribution in [3.63, 3.8) is 0 Å². The predicted molar refractivity (Wildman–Crippen MR) is 45.5 cm³/mol. The average molecular weight is 147 g/mol. The summed E-state index contributed by atoms with van der Waals surface area (Å²) < 4.78 is 5.22. The standard InChI is InChI=1S/C8H10BNO/c1-3-11-8-6(2)4-7(9)5-10-8/h4-5H,3H2,1-2H3. The molecule has 0 aliphatic rings. The van der Waals surface area contributed by atoms with Crippen LogP contribution in [0.2, 0.25) is 0 Å². The highest BCUT2D eigenvalue weighted by molar-refractivity contribution is 6.32. The highest BCUT2D eigenvalue weighted by Crippen LogP contribution is 2.10. The van der Waals surface area contributed by atoms with Crippen LogP contribution in [-0.2, 0) is 0 Å². The molecule has 56 valence electrons. The van der Waals surface area contributed by atoms with Crippen molar-refractivity contribution >= 4 is 13.3 Å². The first kappa shape index (κ1) is 8.11. The first-order chi connectivity index (χ1) is 5.24. The monoisotopic (exact) mass is 147 g/mol. The van der Waals surface area contributed by atoms with Crippen molar-refractivity contribution in [3.05, 3.63) is 17.8 Å². The number of ether oxygens (including phenoxy) is 1. The summed E-state index contributed by atoms with van der Waals surface area (Å²) in [7, 11) is 5.51. The third-order valence-electron chi connectivity index (χ3n) is 1.33. The average Bonchev–Trinajstić information content (AvgIpc) is 1.95. The molecule has 0 atom stereocenters. The maximum Gasteiger partial charge on any atom is 0.216 e. The van der Waals surface area contributed by atoms with E-state index < -0.39 is 0 Å². The van der Waals surface area contributed by atoms with Crippen LogP contribution < -0.4 is 10.2 Å². The van der Waals surface area contributed by atoms with Crippen molar-refractivity contribution in [1.82, 2.24) is 4.98 Å². The normalized spacial score (nSPS) is 9.64. The Kier molecular flexibility index (Phi) is 2.52. The van der Waals surface area contributed by atoms with Gasteiger partial charge in [-0.05, 0) is 13.8 Å². The van der Waals surface area contributed by atoms with Crippen LogP contribution in [0.5, 0.6) is 5.88 Å². The zero-order valence-electron chi connectivity index (χ0n) is 6.79. The van der Waals surface area contributed by atoms with Crippen LogP contribution in [0.1, 0.15) is 12.5 Å². The highest BCUT2D eigenvalue weighted by Gasteiger charge is 1.98. The SMILES string of the molecule is [B]c1cnc(OCC)c(C)c1. The molecule has 0 saturated carbocycles. The first-order valence-corrected chi connectivity index (χ1v) is 3.59. The first-order valence-electron chi connectivity index (χ1n) is 3.59. The second-order valence-corrected chi connectivity index (χ2v) is 2.32. The minimum Gasteiger partial charge on any atom is -0.478 e. The van der Waals surface area contributed by atoms with Gasteiger partial charge in [0.2, 0.25) is 5.88 Å². The largest absolute Gasteiger partial charge is 0.478 e. The summed E-state index contributed by atoms with van der Waals surface area (Å²) in [5.41, 5.74) is 1.65. The molecule has 2 radical (unpaired) electrons. The molecular weight excluding hydrogens is 137 g/mol. The summed E-state index contributed by atoms with van der Waals surface area (Å²) in [6, 6.07) is 1.85. The minimum atomic E-state index is 0.637. The van der Waals surface area contributed by atoms with Gasteiger partial charge < -0.3 is 4.74 Å². The van der Waals surface area contributed by atoms with Gasteiger partial charge in [-0.1, -0.05) is 11.5 Å². The Balaban J connectivity index is 2.90.